The highest BCUT2D eigenvalue weighted by Gasteiger charge is 2.12. The fourth-order valence-corrected chi connectivity index (χ4v) is 3.09. The largest absolute Gasteiger partial charge is 0.333 e. The molecule has 0 atom stereocenters. The van der Waals surface area contributed by atoms with Crippen molar-refractivity contribution in [1.82, 2.24) is 4.90 Å². The van der Waals surface area contributed by atoms with Crippen molar-refractivity contribution in [1.29, 1.82) is 0 Å². The van der Waals surface area contributed by atoms with Gasteiger partial charge in [-0.1, -0.05) is 47.5 Å². The zero-order valence-corrected chi connectivity index (χ0v) is 16.7. The first-order valence-electron chi connectivity index (χ1n) is 7.72. The lowest BCUT2D eigenvalue weighted by molar-refractivity contribution is -0.129. The number of likely N-dealkylation sites (N-methyl/N-ethyl adjacent to an activating group) is 1. The second-order valence-electron chi connectivity index (χ2n) is 5.42. The summed E-state index contributed by atoms with van der Waals surface area (Å²) < 4.78 is 0. The number of hydrogen-bond acceptors (Lipinski definition) is 3. The number of carbonyl (C=O) groups is 2. The third-order valence-corrected chi connectivity index (χ3v) is 5.15. The molecule has 0 radical (unpaired) electrons. The second kappa shape index (κ2) is 9.67. The summed E-state index contributed by atoms with van der Waals surface area (Å²) in [6, 6.07) is 12.7. The van der Waals surface area contributed by atoms with Gasteiger partial charge in [0, 0.05) is 18.0 Å². The third kappa shape index (κ3) is 5.53. The Kier molecular flexibility index (Phi) is 7.57. The van der Waals surface area contributed by atoms with E-state index in [-0.39, 0.29) is 18.4 Å². The normalized spacial score (nSPS) is 10.8. The molecule has 2 amide bonds. The van der Waals surface area contributed by atoms with Gasteiger partial charge in [-0.3, -0.25) is 9.59 Å². The van der Waals surface area contributed by atoms with E-state index >= 15 is 0 Å². The molecule has 0 aliphatic heterocycles. The molecule has 7 heteroatoms. The molecule has 26 heavy (non-hydrogen) atoms. The fraction of sp³-hybridized carbons (Fsp3) is 0.158. The van der Waals surface area contributed by atoms with Crippen molar-refractivity contribution in [3.8, 4) is 0 Å². The summed E-state index contributed by atoms with van der Waals surface area (Å²) in [5, 5.41) is 3.62. The lowest BCUT2D eigenvalue weighted by Gasteiger charge is -2.16. The first-order chi connectivity index (χ1) is 12.4. The van der Waals surface area contributed by atoms with Crippen LogP contribution >= 0.6 is 35.0 Å². The third-order valence-electron chi connectivity index (χ3n) is 3.52. The first-order valence-corrected chi connectivity index (χ1v) is 9.70. The molecule has 2 aromatic rings. The zero-order chi connectivity index (χ0) is 19.1. The van der Waals surface area contributed by atoms with E-state index in [2.05, 4.69) is 5.32 Å². The number of rotatable bonds is 6. The molecular weight excluding hydrogens is 391 g/mol. The topological polar surface area (TPSA) is 49.4 Å². The highest BCUT2D eigenvalue weighted by Crippen LogP contribution is 2.26. The maximum Gasteiger partial charge on any atom is 0.246 e. The lowest BCUT2D eigenvalue weighted by atomic mass is 10.2. The SMILES string of the molecule is CSc1ccccc1NC(=O)CN(C)C(=O)/C=C/c1cccc(Cl)c1Cl. The first kappa shape index (κ1) is 20.4. The van der Waals surface area contributed by atoms with Gasteiger partial charge >= 0.3 is 0 Å². The van der Waals surface area contributed by atoms with Crippen LogP contribution in [-0.4, -0.2) is 36.6 Å². The van der Waals surface area contributed by atoms with Crippen LogP contribution in [0.15, 0.2) is 53.4 Å². The number of halogens is 2. The van der Waals surface area contributed by atoms with E-state index in [0.29, 0.717) is 15.6 Å². The molecule has 0 saturated carbocycles. The van der Waals surface area contributed by atoms with Gasteiger partial charge in [0.05, 0.1) is 22.3 Å². The van der Waals surface area contributed by atoms with Crippen molar-refractivity contribution in [2.24, 2.45) is 0 Å². The maximum atomic E-state index is 12.2. The van der Waals surface area contributed by atoms with Gasteiger partial charge in [0.1, 0.15) is 0 Å². The molecule has 0 aromatic heterocycles. The Morgan fingerprint density at radius 1 is 1.15 bits per heavy atom. The Morgan fingerprint density at radius 3 is 2.62 bits per heavy atom. The van der Waals surface area contributed by atoms with E-state index in [0.717, 1.165) is 10.6 Å². The van der Waals surface area contributed by atoms with Gasteiger partial charge in [0.25, 0.3) is 0 Å². The number of thioether (sulfide) groups is 1. The predicted octanol–water partition coefficient (Wildman–Crippen LogP) is 4.83. The Morgan fingerprint density at radius 2 is 1.88 bits per heavy atom. The Balaban J connectivity index is 1.97. The molecule has 0 spiro atoms. The molecule has 1 N–H and O–H groups in total. The van der Waals surface area contributed by atoms with Gasteiger partial charge in [0.15, 0.2) is 0 Å². The summed E-state index contributed by atoms with van der Waals surface area (Å²) in [7, 11) is 1.56. The molecule has 0 heterocycles. The van der Waals surface area contributed by atoms with Crippen molar-refractivity contribution in [3.63, 3.8) is 0 Å². The van der Waals surface area contributed by atoms with E-state index in [4.69, 9.17) is 23.2 Å². The second-order valence-corrected chi connectivity index (χ2v) is 7.05. The number of amides is 2. The van der Waals surface area contributed by atoms with Gasteiger partial charge in [-0.15, -0.1) is 11.8 Å². The monoisotopic (exact) mass is 408 g/mol. The summed E-state index contributed by atoms with van der Waals surface area (Å²) >= 11 is 13.6. The highest BCUT2D eigenvalue weighted by atomic mass is 35.5. The Labute approximate surface area is 167 Å². The predicted molar refractivity (Wildman–Crippen MR) is 110 cm³/mol. The minimum Gasteiger partial charge on any atom is -0.333 e. The zero-order valence-electron chi connectivity index (χ0n) is 14.3. The van der Waals surface area contributed by atoms with Crippen LogP contribution < -0.4 is 5.32 Å². The van der Waals surface area contributed by atoms with Crippen LogP contribution in [0.2, 0.25) is 10.0 Å². The summed E-state index contributed by atoms with van der Waals surface area (Å²) in [5.41, 5.74) is 1.37. The number of hydrogen-bond donors (Lipinski definition) is 1. The molecule has 0 bridgehead atoms. The van der Waals surface area contributed by atoms with Gasteiger partial charge in [0.2, 0.25) is 11.8 Å². The molecule has 0 fully saturated rings. The van der Waals surface area contributed by atoms with Crippen molar-refractivity contribution < 1.29 is 9.59 Å². The van der Waals surface area contributed by atoms with Crippen molar-refractivity contribution in [2.45, 2.75) is 4.90 Å². The molecule has 2 aromatic carbocycles. The van der Waals surface area contributed by atoms with Crippen LogP contribution in [0.3, 0.4) is 0 Å². The van der Waals surface area contributed by atoms with Gasteiger partial charge < -0.3 is 10.2 Å². The van der Waals surface area contributed by atoms with Crippen LogP contribution in [0.25, 0.3) is 6.08 Å². The molecule has 136 valence electrons. The van der Waals surface area contributed by atoms with Gasteiger partial charge in [-0.25, -0.2) is 0 Å². The molecule has 0 aliphatic carbocycles. The van der Waals surface area contributed by atoms with Gasteiger partial charge in [-0.05, 0) is 36.1 Å². The molecule has 0 aliphatic rings. The van der Waals surface area contributed by atoms with E-state index in [9.17, 15) is 9.59 Å². The number of nitrogens with one attached hydrogen (secondary N) is 1. The molecule has 0 saturated heterocycles. The average molecular weight is 409 g/mol. The van der Waals surface area contributed by atoms with Crippen LogP contribution in [0, 0.1) is 0 Å². The quantitative estimate of drug-likeness (QED) is 0.550. The summed E-state index contributed by atoms with van der Waals surface area (Å²) in [6.45, 7) is -0.0604. The molecular formula is C19H18Cl2N2O2S. The van der Waals surface area contributed by atoms with Crippen LogP contribution in [0.5, 0.6) is 0 Å². The summed E-state index contributed by atoms with van der Waals surface area (Å²) in [5.74, 6) is -0.578. The number of anilines is 1. The minimum absolute atomic E-state index is 0.0604. The van der Waals surface area contributed by atoms with E-state index < -0.39 is 0 Å². The van der Waals surface area contributed by atoms with E-state index in [1.807, 2.05) is 30.5 Å². The van der Waals surface area contributed by atoms with E-state index in [1.165, 1.54) is 11.0 Å². The average Bonchev–Trinajstić information content (AvgIpc) is 2.63. The molecule has 0 unspecified atom stereocenters. The van der Waals surface area contributed by atoms with Crippen LogP contribution in [0.4, 0.5) is 5.69 Å². The number of nitrogens with zero attached hydrogens (tertiary/aromatic N) is 1. The van der Waals surface area contributed by atoms with Crippen LogP contribution in [-0.2, 0) is 9.59 Å². The Bertz CT molecular complexity index is 840. The van der Waals surface area contributed by atoms with Crippen molar-refractivity contribution in [2.75, 3.05) is 25.2 Å². The number of para-hydroxylation sites is 1. The number of carbonyl (C=O) groups excluding carboxylic acids is 2. The van der Waals surface area contributed by atoms with Crippen molar-refractivity contribution >= 4 is 58.5 Å². The van der Waals surface area contributed by atoms with Crippen molar-refractivity contribution in [3.05, 3.63) is 64.1 Å². The molecule has 2 rings (SSSR count). The highest BCUT2D eigenvalue weighted by molar-refractivity contribution is 7.98. The smallest absolute Gasteiger partial charge is 0.246 e. The summed E-state index contributed by atoms with van der Waals surface area (Å²) in [6.07, 6.45) is 4.88. The maximum absolute atomic E-state index is 12.2. The lowest BCUT2D eigenvalue weighted by Crippen LogP contribution is -2.33. The van der Waals surface area contributed by atoms with Crippen LogP contribution in [0.1, 0.15) is 5.56 Å². The number of benzene rings is 2. The fourth-order valence-electron chi connectivity index (χ4n) is 2.17. The minimum atomic E-state index is -0.311. The molecule has 4 nitrogen and oxygen atoms in total. The van der Waals surface area contributed by atoms with E-state index in [1.54, 1.807) is 43.1 Å². The van der Waals surface area contributed by atoms with Gasteiger partial charge in [-0.2, -0.15) is 0 Å². The Hall–Kier alpha value is -1.95. The summed E-state index contributed by atoms with van der Waals surface area (Å²) in [4.78, 5) is 26.7. The standard InChI is InChI=1S/C19H18Cl2N2O2S/c1-23(12-17(24)22-15-8-3-4-9-16(15)26-2)18(25)11-10-13-6-5-7-14(20)19(13)21/h3-11H,12H2,1-2H3,(H,22,24)/b11-10+.